The van der Waals surface area contributed by atoms with Gasteiger partial charge in [0, 0.05) is 0 Å². The molecule has 0 amide bonds. The minimum atomic E-state index is -1.96. The second-order valence-corrected chi connectivity index (χ2v) is 8.22. The van der Waals surface area contributed by atoms with E-state index in [4.69, 9.17) is 18.9 Å². The maximum absolute atomic E-state index is 12.4. The van der Waals surface area contributed by atoms with Crippen molar-refractivity contribution >= 4 is 11.9 Å². The SMILES string of the molecule is CCO[N+](=O)[O-].O=C(OC1CCCCC1)c1ccc(C(=O)O[C@@]2(O)CO[C@@H]3[C@H](O)CO[C@@H]32)cc1. The van der Waals surface area contributed by atoms with Gasteiger partial charge in [0.2, 0.25) is 0 Å². The third kappa shape index (κ3) is 6.41. The summed E-state index contributed by atoms with van der Waals surface area (Å²) in [5.41, 5.74) is 0.525. The van der Waals surface area contributed by atoms with Crippen LogP contribution in [0.4, 0.5) is 0 Å². The maximum atomic E-state index is 12.4. The fourth-order valence-electron chi connectivity index (χ4n) is 4.03. The van der Waals surface area contributed by atoms with Gasteiger partial charge in [-0.2, -0.15) is 0 Å². The number of benzene rings is 1. The molecule has 2 heterocycles. The summed E-state index contributed by atoms with van der Waals surface area (Å²) in [6, 6.07) is 5.88. The van der Waals surface area contributed by atoms with Crippen molar-refractivity contribution in [3.8, 4) is 0 Å². The Hall–Kier alpha value is -2.80. The summed E-state index contributed by atoms with van der Waals surface area (Å²) >= 11 is 0. The summed E-state index contributed by atoms with van der Waals surface area (Å²) in [6.07, 6.45) is 2.50. The maximum Gasteiger partial charge on any atom is 0.340 e. The van der Waals surface area contributed by atoms with E-state index in [-0.39, 0.29) is 31.5 Å². The lowest BCUT2D eigenvalue weighted by Gasteiger charge is -2.26. The van der Waals surface area contributed by atoms with Gasteiger partial charge in [-0.15, -0.1) is 10.1 Å². The Morgan fingerprint density at radius 1 is 1.12 bits per heavy atom. The number of aliphatic hydroxyl groups excluding tert-OH is 1. The Morgan fingerprint density at radius 2 is 1.74 bits per heavy atom. The molecule has 1 aromatic carbocycles. The lowest BCUT2D eigenvalue weighted by molar-refractivity contribution is -0.756. The number of nitrogens with zero attached hydrogens (tertiary/aromatic N) is 1. The lowest BCUT2D eigenvalue weighted by atomic mass is 9.98. The molecule has 0 unspecified atom stereocenters. The van der Waals surface area contributed by atoms with Gasteiger partial charge in [0.25, 0.3) is 10.9 Å². The first-order chi connectivity index (χ1) is 16.2. The molecule has 0 radical (unpaired) electrons. The molecule has 12 heteroatoms. The van der Waals surface area contributed by atoms with E-state index in [9.17, 15) is 29.9 Å². The summed E-state index contributed by atoms with van der Waals surface area (Å²) in [7, 11) is 0. The van der Waals surface area contributed by atoms with E-state index < -0.39 is 41.1 Å². The van der Waals surface area contributed by atoms with E-state index in [1.807, 2.05) is 0 Å². The van der Waals surface area contributed by atoms with Crippen LogP contribution in [0.1, 0.15) is 59.7 Å². The number of esters is 2. The first-order valence-electron chi connectivity index (χ1n) is 11.2. The quantitative estimate of drug-likeness (QED) is 0.260. The highest BCUT2D eigenvalue weighted by molar-refractivity contribution is 5.93. The zero-order valence-corrected chi connectivity index (χ0v) is 18.8. The highest BCUT2D eigenvalue weighted by Crippen LogP contribution is 2.35. The third-order valence-electron chi connectivity index (χ3n) is 5.74. The van der Waals surface area contributed by atoms with Crippen LogP contribution in [0.3, 0.4) is 0 Å². The molecule has 1 aromatic rings. The zero-order valence-electron chi connectivity index (χ0n) is 18.8. The van der Waals surface area contributed by atoms with Crippen LogP contribution < -0.4 is 0 Å². The number of carbonyl (C=O) groups excluding carboxylic acids is 2. The second-order valence-electron chi connectivity index (χ2n) is 8.22. The molecule has 0 spiro atoms. The molecule has 2 N–H and O–H groups in total. The standard InChI is InChI=1S/C20H24O8.C2H5NO3/c21-15-10-25-17-16(15)26-11-20(17,24)28-19(23)13-8-6-12(7-9-13)18(22)27-14-4-2-1-3-5-14;1-2-6-3(4)5/h6-9,14-17,21,24H,1-5,10-11H2;2H2,1H3/t15-,16-,17+,20+;/m1./s1. The lowest BCUT2D eigenvalue weighted by Crippen LogP contribution is -2.47. The molecule has 0 aromatic heterocycles. The molecule has 1 aliphatic carbocycles. The van der Waals surface area contributed by atoms with Crippen molar-refractivity contribution < 1.29 is 48.7 Å². The van der Waals surface area contributed by atoms with E-state index >= 15 is 0 Å². The Morgan fingerprint density at radius 3 is 2.29 bits per heavy atom. The number of ether oxygens (including phenoxy) is 4. The highest BCUT2D eigenvalue weighted by atomic mass is 16.9. The van der Waals surface area contributed by atoms with E-state index in [0.29, 0.717) is 5.56 Å². The molecule has 4 rings (SSSR count). The fourth-order valence-corrected chi connectivity index (χ4v) is 4.03. The Bertz CT molecular complexity index is 855. The number of rotatable bonds is 6. The average Bonchev–Trinajstić information content (AvgIpc) is 3.35. The number of aliphatic hydroxyl groups is 2. The number of hydrogen-bond donors (Lipinski definition) is 2. The summed E-state index contributed by atoms with van der Waals surface area (Å²) in [5.74, 6) is -3.15. The minimum Gasteiger partial charge on any atom is -0.459 e. The predicted octanol–water partition coefficient (Wildman–Crippen LogP) is 1.39. The molecule has 3 aliphatic rings. The monoisotopic (exact) mass is 483 g/mol. The number of carbonyl (C=O) groups is 2. The second kappa shape index (κ2) is 11.6. The van der Waals surface area contributed by atoms with Gasteiger partial charge in [0.1, 0.15) is 24.9 Å². The molecule has 2 saturated heterocycles. The largest absolute Gasteiger partial charge is 0.459 e. The van der Waals surface area contributed by atoms with E-state index in [2.05, 4.69) is 4.84 Å². The highest BCUT2D eigenvalue weighted by Gasteiger charge is 2.58. The van der Waals surface area contributed by atoms with Crippen LogP contribution in [0.5, 0.6) is 0 Å². The van der Waals surface area contributed by atoms with E-state index in [1.165, 1.54) is 30.7 Å². The fraction of sp³-hybridized carbons (Fsp3) is 0.636. The van der Waals surface area contributed by atoms with Gasteiger partial charge in [0.15, 0.2) is 6.10 Å². The number of fused-ring (bicyclic) bond motifs is 1. The van der Waals surface area contributed by atoms with Gasteiger partial charge >= 0.3 is 11.9 Å². The number of hydrogen-bond acceptors (Lipinski definition) is 11. The van der Waals surface area contributed by atoms with Crippen LogP contribution in [0.15, 0.2) is 24.3 Å². The molecule has 34 heavy (non-hydrogen) atoms. The Balaban J connectivity index is 0.000000481. The summed E-state index contributed by atoms with van der Waals surface area (Å²) in [5, 5.41) is 28.7. The molecule has 188 valence electrons. The molecule has 2 aliphatic heterocycles. The van der Waals surface area contributed by atoms with E-state index in [1.54, 1.807) is 6.92 Å². The summed E-state index contributed by atoms with van der Waals surface area (Å²) < 4.78 is 21.3. The van der Waals surface area contributed by atoms with Gasteiger partial charge in [0.05, 0.1) is 24.3 Å². The van der Waals surface area contributed by atoms with Gasteiger partial charge < -0.3 is 34.0 Å². The average molecular weight is 483 g/mol. The van der Waals surface area contributed by atoms with Crippen LogP contribution in [0.2, 0.25) is 0 Å². The summed E-state index contributed by atoms with van der Waals surface area (Å²) in [4.78, 5) is 37.6. The zero-order chi connectivity index (χ0) is 24.7. The normalized spacial score (nSPS) is 28.3. The van der Waals surface area contributed by atoms with Crippen molar-refractivity contribution in [1.29, 1.82) is 0 Å². The Labute approximate surface area is 195 Å². The van der Waals surface area contributed by atoms with Gasteiger partial charge in [-0.25, -0.2) is 9.59 Å². The van der Waals surface area contributed by atoms with Gasteiger partial charge in [-0.3, -0.25) is 0 Å². The van der Waals surface area contributed by atoms with Crippen molar-refractivity contribution in [2.45, 2.75) is 69.2 Å². The molecule has 0 bridgehead atoms. The van der Waals surface area contributed by atoms with Gasteiger partial charge in [-0.05, 0) is 56.9 Å². The summed E-state index contributed by atoms with van der Waals surface area (Å²) in [6.45, 7) is 1.42. The van der Waals surface area contributed by atoms with Crippen molar-refractivity contribution in [1.82, 2.24) is 0 Å². The molecule has 3 fully saturated rings. The third-order valence-corrected chi connectivity index (χ3v) is 5.74. The van der Waals surface area contributed by atoms with Crippen LogP contribution in [-0.2, 0) is 23.8 Å². The van der Waals surface area contributed by atoms with Crippen LogP contribution in [0, 0.1) is 10.1 Å². The van der Waals surface area contributed by atoms with Gasteiger partial charge in [-0.1, -0.05) is 6.42 Å². The van der Waals surface area contributed by atoms with Crippen molar-refractivity contribution in [3.05, 3.63) is 45.5 Å². The first-order valence-corrected chi connectivity index (χ1v) is 11.2. The van der Waals surface area contributed by atoms with E-state index in [0.717, 1.165) is 25.7 Å². The Kier molecular flexibility index (Phi) is 8.78. The molecular weight excluding hydrogens is 454 g/mol. The van der Waals surface area contributed by atoms with Crippen molar-refractivity contribution in [2.75, 3.05) is 19.8 Å². The smallest absolute Gasteiger partial charge is 0.340 e. The minimum absolute atomic E-state index is 0.00694. The van der Waals surface area contributed by atoms with Crippen molar-refractivity contribution in [3.63, 3.8) is 0 Å². The van der Waals surface area contributed by atoms with Crippen LogP contribution >= 0.6 is 0 Å². The molecule has 1 saturated carbocycles. The molecular formula is C22H29NO11. The molecule has 12 nitrogen and oxygen atoms in total. The van der Waals surface area contributed by atoms with Crippen LogP contribution in [-0.4, -0.2) is 77.3 Å². The predicted molar refractivity (Wildman–Crippen MR) is 113 cm³/mol. The first kappa shape index (κ1) is 25.8. The van der Waals surface area contributed by atoms with Crippen molar-refractivity contribution in [2.24, 2.45) is 0 Å². The topological polar surface area (TPSA) is 164 Å². The molecule has 4 atom stereocenters. The van der Waals surface area contributed by atoms with Crippen LogP contribution in [0.25, 0.3) is 0 Å².